The van der Waals surface area contributed by atoms with E-state index in [-0.39, 0.29) is 0 Å². The smallest absolute Gasteiger partial charge is 0.0112 e. The molecule has 0 N–H and O–H groups in total. The van der Waals surface area contributed by atoms with Gasteiger partial charge in [0.05, 0.1) is 0 Å². The Labute approximate surface area is 60.7 Å². The molecule has 1 aromatic carbocycles. The summed E-state index contributed by atoms with van der Waals surface area (Å²) in [6, 6.07) is 9.68. The highest BCUT2D eigenvalue weighted by molar-refractivity contribution is 5.14. The van der Waals surface area contributed by atoms with E-state index in [1.54, 1.807) is 0 Å². The summed E-state index contributed by atoms with van der Waals surface area (Å²) in [6.45, 7) is 0.473. The van der Waals surface area contributed by atoms with E-state index in [0.29, 0.717) is 6.54 Å². The van der Waals surface area contributed by atoms with E-state index < -0.39 is 0 Å². The third-order valence-corrected chi connectivity index (χ3v) is 1.25. The number of hydrogen-bond acceptors (Lipinski definition) is 2. The average Bonchev–Trinajstić information content (AvgIpc) is 1.88. The van der Waals surface area contributed by atoms with Crippen LogP contribution in [0.4, 0.5) is 0 Å². The zero-order valence-corrected chi connectivity index (χ0v) is 5.95. The summed E-state index contributed by atoms with van der Waals surface area (Å²) < 4.78 is 0. The van der Waals surface area contributed by atoms with Crippen LogP contribution in [0.3, 0.4) is 0 Å². The van der Waals surface area contributed by atoms with Crippen molar-refractivity contribution in [3.8, 4) is 0 Å². The molecule has 2 heteroatoms. The van der Waals surface area contributed by atoms with Gasteiger partial charge in [-0.2, -0.15) is 0 Å². The van der Waals surface area contributed by atoms with Gasteiger partial charge in [0.1, 0.15) is 0 Å². The highest BCUT2D eigenvalue weighted by atomic mass is 16.5. The molecule has 0 fully saturated rings. The highest BCUT2D eigenvalue weighted by Crippen LogP contribution is 2.00. The molecule has 0 spiro atoms. The van der Waals surface area contributed by atoms with Crippen molar-refractivity contribution in [3.63, 3.8) is 0 Å². The normalized spacial score (nSPS) is 10.3. The summed E-state index contributed by atoms with van der Waals surface area (Å²) in [4.78, 5) is 0. The summed E-state index contributed by atoms with van der Waals surface area (Å²) in [5, 5.41) is 11.4. The Morgan fingerprint density at radius 2 is 1.90 bits per heavy atom. The van der Waals surface area contributed by atoms with E-state index in [1.165, 1.54) is 7.05 Å². The lowest BCUT2D eigenvalue weighted by atomic mass is 10.2. The summed E-state index contributed by atoms with van der Waals surface area (Å²) in [5.74, 6) is 0. The second-order valence-corrected chi connectivity index (χ2v) is 2.27. The standard InChI is InChI=1S/C8H10NO/c1-9(10)7-8-5-3-2-4-6-8/h2-6H,7H2,1H3/q-1. The van der Waals surface area contributed by atoms with Gasteiger partial charge in [-0.1, -0.05) is 30.3 Å². The van der Waals surface area contributed by atoms with E-state index in [9.17, 15) is 5.21 Å². The first-order valence-electron chi connectivity index (χ1n) is 3.21. The Bertz CT molecular complexity index is 184. The van der Waals surface area contributed by atoms with Gasteiger partial charge in [0.2, 0.25) is 0 Å². The van der Waals surface area contributed by atoms with Crippen molar-refractivity contribution >= 4 is 0 Å². The molecule has 1 aromatic rings. The van der Waals surface area contributed by atoms with Crippen molar-refractivity contribution < 1.29 is 0 Å². The molecule has 0 saturated heterocycles. The first-order chi connectivity index (χ1) is 4.79. The van der Waals surface area contributed by atoms with E-state index in [0.717, 1.165) is 10.6 Å². The second kappa shape index (κ2) is 3.34. The second-order valence-electron chi connectivity index (χ2n) is 2.27. The van der Waals surface area contributed by atoms with E-state index in [4.69, 9.17) is 0 Å². The summed E-state index contributed by atoms with van der Waals surface area (Å²) in [5.41, 5.74) is 1.06. The van der Waals surface area contributed by atoms with Crippen molar-refractivity contribution in [1.82, 2.24) is 5.06 Å². The van der Waals surface area contributed by atoms with Crippen LogP contribution >= 0.6 is 0 Å². The molecule has 0 bridgehead atoms. The molecule has 0 unspecified atom stereocenters. The monoisotopic (exact) mass is 136 g/mol. The predicted molar refractivity (Wildman–Crippen MR) is 41.3 cm³/mol. The summed E-state index contributed by atoms with van der Waals surface area (Å²) >= 11 is 0. The largest absolute Gasteiger partial charge is 0.785 e. The number of rotatable bonds is 2. The fourth-order valence-electron chi connectivity index (χ4n) is 0.841. The molecule has 10 heavy (non-hydrogen) atoms. The van der Waals surface area contributed by atoms with Crippen LogP contribution in [0.5, 0.6) is 0 Å². The predicted octanol–water partition coefficient (Wildman–Crippen LogP) is 1.62. The molecule has 54 valence electrons. The average molecular weight is 136 g/mol. The molecule has 0 aliphatic heterocycles. The van der Waals surface area contributed by atoms with Gasteiger partial charge in [0, 0.05) is 6.54 Å². The van der Waals surface area contributed by atoms with Crippen molar-refractivity contribution in [2.45, 2.75) is 6.54 Å². The van der Waals surface area contributed by atoms with Crippen LogP contribution in [-0.2, 0) is 6.54 Å². The van der Waals surface area contributed by atoms with Crippen molar-refractivity contribution in [2.24, 2.45) is 0 Å². The van der Waals surface area contributed by atoms with Crippen LogP contribution in [-0.4, -0.2) is 12.1 Å². The molecule has 1 rings (SSSR count). The Hall–Kier alpha value is -0.860. The molecule has 0 radical (unpaired) electrons. The fraction of sp³-hybridized carbons (Fsp3) is 0.250. The molecule has 0 aliphatic rings. The quantitative estimate of drug-likeness (QED) is 0.577. The van der Waals surface area contributed by atoms with E-state index >= 15 is 0 Å². The first kappa shape index (κ1) is 7.25. The van der Waals surface area contributed by atoms with E-state index in [2.05, 4.69) is 0 Å². The Kier molecular flexibility index (Phi) is 2.42. The zero-order valence-electron chi connectivity index (χ0n) is 5.95. The molecule has 0 saturated carbocycles. The lowest BCUT2D eigenvalue weighted by Crippen LogP contribution is -2.07. The van der Waals surface area contributed by atoms with Gasteiger partial charge < -0.3 is 10.3 Å². The van der Waals surface area contributed by atoms with Crippen LogP contribution in [0.25, 0.3) is 0 Å². The van der Waals surface area contributed by atoms with Gasteiger partial charge in [-0.05, 0) is 12.6 Å². The van der Waals surface area contributed by atoms with Crippen molar-refractivity contribution in [3.05, 3.63) is 41.1 Å². The SMILES string of the molecule is CN([O-])Cc1ccccc1. The molecular weight excluding hydrogens is 126 g/mol. The first-order valence-corrected chi connectivity index (χ1v) is 3.21. The minimum absolute atomic E-state index is 0.473. The van der Waals surface area contributed by atoms with Crippen LogP contribution in [0.15, 0.2) is 30.3 Å². The van der Waals surface area contributed by atoms with Crippen LogP contribution in [0.2, 0.25) is 0 Å². The Morgan fingerprint density at radius 3 is 2.40 bits per heavy atom. The maximum absolute atomic E-state index is 10.5. The number of hydrogen-bond donors (Lipinski definition) is 0. The molecule has 0 heterocycles. The molecule has 2 nitrogen and oxygen atoms in total. The number of benzene rings is 1. The molecule has 0 aliphatic carbocycles. The Morgan fingerprint density at radius 1 is 1.30 bits per heavy atom. The van der Waals surface area contributed by atoms with Gasteiger partial charge in [-0.3, -0.25) is 0 Å². The minimum Gasteiger partial charge on any atom is -0.785 e. The highest BCUT2D eigenvalue weighted by Gasteiger charge is 1.86. The maximum Gasteiger partial charge on any atom is 0.0112 e. The third-order valence-electron chi connectivity index (χ3n) is 1.25. The van der Waals surface area contributed by atoms with Gasteiger partial charge in [-0.15, -0.1) is 0 Å². The van der Waals surface area contributed by atoms with Crippen LogP contribution in [0, 0.1) is 5.21 Å². The van der Waals surface area contributed by atoms with Gasteiger partial charge in [0.15, 0.2) is 0 Å². The molecule has 0 atom stereocenters. The van der Waals surface area contributed by atoms with Gasteiger partial charge in [0.25, 0.3) is 0 Å². The van der Waals surface area contributed by atoms with Crippen LogP contribution in [0.1, 0.15) is 5.56 Å². The lowest BCUT2D eigenvalue weighted by Gasteiger charge is -2.21. The molecular formula is C8H10NO-. The maximum atomic E-state index is 10.5. The topological polar surface area (TPSA) is 26.3 Å². The fourth-order valence-corrected chi connectivity index (χ4v) is 0.841. The van der Waals surface area contributed by atoms with E-state index in [1.807, 2.05) is 30.3 Å². The lowest BCUT2D eigenvalue weighted by molar-refractivity contribution is 0.453. The Balaban J connectivity index is 2.59. The van der Waals surface area contributed by atoms with Gasteiger partial charge >= 0.3 is 0 Å². The molecule has 0 amide bonds. The number of hydroxylamine groups is 2. The van der Waals surface area contributed by atoms with Crippen molar-refractivity contribution in [1.29, 1.82) is 0 Å². The van der Waals surface area contributed by atoms with Gasteiger partial charge in [-0.25, -0.2) is 0 Å². The zero-order chi connectivity index (χ0) is 7.40. The summed E-state index contributed by atoms with van der Waals surface area (Å²) in [7, 11) is 1.52. The number of nitrogens with zero attached hydrogens (tertiary/aromatic N) is 1. The van der Waals surface area contributed by atoms with Crippen LogP contribution < -0.4 is 0 Å². The summed E-state index contributed by atoms with van der Waals surface area (Å²) in [6.07, 6.45) is 0. The van der Waals surface area contributed by atoms with Crippen molar-refractivity contribution in [2.75, 3.05) is 7.05 Å². The third kappa shape index (κ3) is 2.17. The minimum atomic E-state index is 0.473. The molecule has 0 aromatic heterocycles.